The molecule has 0 aliphatic carbocycles. The molecule has 0 heterocycles. The van der Waals surface area contributed by atoms with Gasteiger partial charge in [0.2, 0.25) is 0 Å². The van der Waals surface area contributed by atoms with Crippen molar-refractivity contribution in [3.05, 3.63) is 28.2 Å². The van der Waals surface area contributed by atoms with Crippen LogP contribution < -0.4 is 10.5 Å². The van der Waals surface area contributed by atoms with E-state index in [1.165, 1.54) is 0 Å². The molecule has 1 atom stereocenters. The highest BCUT2D eigenvalue weighted by atomic mass is 79.9. The Morgan fingerprint density at radius 3 is 2.71 bits per heavy atom. The van der Waals surface area contributed by atoms with Crippen molar-refractivity contribution in [2.45, 2.75) is 12.5 Å². The average Bonchev–Trinajstić information content (AvgIpc) is 2.17. The van der Waals surface area contributed by atoms with Gasteiger partial charge in [-0.1, -0.05) is 22.0 Å². The van der Waals surface area contributed by atoms with Gasteiger partial charge in [0.25, 0.3) is 0 Å². The first kappa shape index (κ1) is 11.5. The Bertz CT molecular complexity index is 326. The molecule has 0 aliphatic heterocycles. The summed E-state index contributed by atoms with van der Waals surface area (Å²) in [6.07, 6.45) is 0. The third kappa shape index (κ3) is 2.26. The molecular formula is C10H14BrNO2. The topological polar surface area (TPSA) is 55.5 Å². The monoisotopic (exact) mass is 259 g/mol. The maximum absolute atomic E-state index is 9.14. The number of aliphatic hydroxyl groups excluding tert-OH is 1. The molecule has 1 rings (SSSR count). The number of aliphatic hydroxyl groups is 1. The van der Waals surface area contributed by atoms with Crippen LogP contribution in [0.1, 0.15) is 12.5 Å². The van der Waals surface area contributed by atoms with Crippen molar-refractivity contribution in [2.24, 2.45) is 5.73 Å². The lowest BCUT2D eigenvalue weighted by atomic mass is 9.93. The molecule has 0 fully saturated rings. The predicted octanol–water partition coefficient (Wildman–Crippen LogP) is 1.62. The minimum absolute atomic E-state index is 0.120. The maximum atomic E-state index is 9.14. The largest absolute Gasteiger partial charge is 0.496 e. The number of ether oxygens (including phenoxy) is 1. The number of methoxy groups -OCH3 is 1. The Balaban J connectivity index is 3.20. The Morgan fingerprint density at radius 1 is 1.57 bits per heavy atom. The second-order valence-corrected chi connectivity index (χ2v) is 4.34. The normalized spacial score (nSPS) is 14.9. The molecule has 0 amide bonds. The minimum Gasteiger partial charge on any atom is -0.496 e. The van der Waals surface area contributed by atoms with Crippen LogP contribution in [0.5, 0.6) is 5.75 Å². The summed E-state index contributed by atoms with van der Waals surface area (Å²) in [5.41, 5.74) is 5.94. The molecule has 0 aromatic heterocycles. The van der Waals surface area contributed by atoms with Crippen LogP contribution in [0.3, 0.4) is 0 Å². The molecule has 78 valence electrons. The van der Waals surface area contributed by atoms with Gasteiger partial charge in [-0.25, -0.2) is 0 Å². The van der Waals surface area contributed by atoms with Crippen LogP contribution in [-0.4, -0.2) is 18.8 Å². The van der Waals surface area contributed by atoms with Gasteiger partial charge in [-0.05, 0) is 19.1 Å². The lowest BCUT2D eigenvalue weighted by Crippen LogP contribution is -2.37. The van der Waals surface area contributed by atoms with E-state index in [2.05, 4.69) is 15.9 Å². The molecule has 0 bridgehead atoms. The van der Waals surface area contributed by atoms with Crippen molar-refractivity contribution >= 4 is 15.9 Å². The van der Waals surface area contributed by atoms with E-state index >= 15 is 0 Å². The van der Waals surface area contributed by atoms with Crippen LogP contribution in [0.2, 0.25) is 0 Å². The third-order valence-corrected chi connectivity index (χ3v) is 2.60. The van der Waals surface area contributed by atoms with Crippen LogP contribution in [0.25, 0.3) is 0 Å². The molecule has 0 saturated carbocycles. The van der Waals surface area contributed by atoms with Crippen molar-refractivity contribution in [2.75, 3.05) is 13.7 Å². The van der Waals surface area contributed by atoms with E-state index in [0.717, 1.165) is 10.0 Å². The number of halogens is 1. The van der Waals surface area contributed by atoms with Crippen molar-refractivity contribution in [1.29, 1.82) is 0 Å². The molecule has 14 heavy (non-hydrogen) atoms. The molecule has 1 aromatic rings. The van der Waals surface area contributed by atoms with Crippen molar-refractivity contribution in [1.82, 2.24) is 0 Å². The predicted molar refractivity (Wildman–Crippen MR) is 59.3 cm³/mol. The summed E-state index contributed by atoms with van der Waals surface area (Å²) < 4.78 is 6.12. The molecule has 0 saturated heterocycles. The number of benzene rings is 1. The van der Waals surface area contributed by atoms with Gasteiger partial charge in [-0.15, -0.1) is 0 Å². The fourth-order valence-corrected chi connectivity index (χ4v) is 1.56. The zero-order chi connectivity index (χ0) is 10.8. The number of hydrogen-bond donors (Lipinski definition) is 2. The summed E-state index contributed by atoms with van der Waals surface area (Å²) in [5.74, 6) is 0.679. The lowest BCUT2D eigenvalue weighted by Gasteiger charge is -2.24. The van der Waals surface area contributed by atoms with Crippen LogP contribution in [-0.2, 0) is 5.54 Å². The van der Waals surface area contributed by atoms with Gasteiger partial charge in [-0.2, -0.15) is 0 Å². The molecule has 4 heteroatoms. The summed E-state index contributed by atoms with van der Waals surface area (Å²) in [6, 6.07) is 5.55. The highest BCUT2D eigenvalue weighted by molar-refractivity contribution is 9.10. The molecule has 3 nitrogen and oxygen atoms in total. The first-order chi connectivity index (χ1) is 6.51. The van der Waals surface area contributed by atoms with Gasteiger partial charge < -0.3 is 15.6 Å². The first-order valence-corrected chi connectivity index (χ1v) is 5.04. The van der Waals surface area contributed by atoms with Gasteiger partial charge in [0.05, 0.1) is 19.3 Å². The van der Waals surface area contributed by atoms with Gasteiger partial charge in [0, 0.05) is 10.0 Å². The van der Waals surface area contributed by atoms with Crippen molar-refractivity contribution in [3.8, 4) is 5.75 Å². The number of rotatable bonds is 3. The fraction of sp³-hybridized carbons (Fsp3) is 0.400. The van der Waals surface area contributed by atoms with E-state index in [4.69, 9.17) is 15.6 Å². The lowest BCUT2D eigenvalue weighted by molar-refractivity contribution is 0.206. The minimum atomic E-state index is -0.772. The van der Waals surface area contributed by atoms with E-state index in [1.807, 2.05) is 18.2 Å². The highest BCUT2D eigenvalue weighted by Gasteiger charge is 2.23. The van der Waals surface area contributed by atoms with Crippen LogP contribution >= 0.6 is 15.9 Å². The first-order valence-electron chi connectivity index (χ1n) is 4.25. The average molecular weight is 260 g/mol. The summed E-state index contributed by atoms with van der Waals surface area (Å²) in [4.78, 5) is 0. The molecule has 0 aliphatic rings. The van der Waals surface area contributed by atoms with Gasteiger partial charge in [0.1, 0.15) is 5.75 Å². The van der Waals surface area contributed by atoms with Gasteiger partial charge >= 0.3 is 0 Å². The standard InChI is InChI=1S/C10H14BrNO2/c1-10(12,6-13)8-4-3-7(11)5-9(8)14-2/h3-5,13H,6,12H2,1-2H3/t10-/m1/s1. The molecule has 0 radical (unpaired) electrons. The van der Waals surface area contributed by atoms with Crippen LogP contribution in [0.15, 0.2) is 22.7 Å². The zero-order valence-electron chi connectivity index (χ0n) is 8.25. The second-order valence-electron chi connectivity index (χ2n) is 3.42. The third-order valence-electron chi connectivity index (χ3n) is 2.11. The van der Waals surface area contributed by atoms with E-state index in [-0.39, 0.29) is 6.61 Å². The zero-order valence-corrected chi connectivity index (χ0v) is 9.84. The molecular weight excluding hydrogens is 246 g/mol. The summed E-state index contributed by atoms with van der Waals surface area (Å²) >= 11 is 3.34. The summed E-state index contributed by atoms with van der Waals surface area (Å²) in [6.45, 7) is 1.64. The van der Waals surface area contributed by atoms with Gasteiger partial charge in [-0.3, -0.25) is 0 Å². The van der Waals surface area contributed by atoms with E-state index in [9.17, 15) is 0 Å². The molecule has 3 N–H and O–H groups in total. The molecule has 0 spiro atoms. The van der Waals surface area contributed by atoms with E-state index in [0.29, 0.717) is 5.75 Å². The summed E-state index contributed by atoms with van der Waals surface area (Å²) in [5, 5.41) is 9.14. The number of nitrogens with two attached hydrogens (primary N) is 1. The number of hydrogen-bond acceptors (Lipinski definition) is 3. The molecule has 1 aromatic carbocycles. The Morgan fingerprint density at radius 2 is 2.21 bits per heavy atom. The smallest absolute Gasteiger partial charge is 0.125 e. The second kappa shape index (κ2) is 4.29. The Kier molecular flexibility index (Phi) is 3.53. The van der Waals surface area contributed by atoms with Crippen molar-refractivity contribution in [3.63, 3.8) is 0 Å². The van der Waals surface area contributed by atoms with E-state index in [1.54, 1.807) is 14.0 Å². The molecule has 0 unspecified atom stereocenters. The Hall–Kier alpha value is -0.580. The Labute approximate surface area is 92.0 Å². The quantitative estimate of drug-likeness (QED) is 0.868. The van der Waals surface area contributed by atoms with Crippen molar-refractivity contribution < 1.29 is 9.84 Å². The SMILES string of the molecule is COc1cc(Br)ccc1[C@](C)(N)CO. The van der Waals surface area contributed by atoms with E-state index < -0.39 is 5.54 Å². The van der Waals surface area contributed by atoms with Gasteiger partial charge in [0.15, 0.2) is 0 Å². The van der Waals surface area contributed by atoms with Crippen LogP contribution in [0, 0.1) is 0 Å². The maximum Gasteiger partial charge on any atom is 0.125 e. The fourth-order valence-electron chi connectivity index (χ4n) is 1.22. The summed E-state index contributed by atoms with van der Waals surface area (Å²) in [7, 11) is 1.58. The highest BCUT2D eigenvalue weighted by Crippen LogP contribution is 2.30. The van der Waals surface area contributed by atoms with Crippen LogP contribution in [0.4, 0.5) is 0 Å².